The van der Waals surface area contributed by atoms with Crippen molar-refractivity contribution in [1.82, 2.24) is 0 Å². The van der Waals surface area contributed by atoms with Gasteiger partial charge in [0.1, 0.15) is 22.7 Å². The van der Waals surface area contributed by atoms with Crippen molar-refractivity contribution in [3.63, 3.8) is 0 Å². The van der Waals surface area contributed by atoms with Gasteiger partial charge in [0.2, 0.25) is 0 Å². The Morgan fingerprint density at radius 1 is 1.08 bits per heavy atom. The number of nitrogens with one attached hydrogen (secondary N) is 1. The van der Waals surface area contributed by atoms with E-state index in [1.807, 2.05) is 0 Å². The van der Waals surface area contributed by atoms with Gasteiger partial charge in [-0.2, -0.15) is 0 Å². The standard InChI is InChI=1S/C18H18Cl3NO4/c1-18(2,3)26-17(25)11-6-12(20)14(7-15(11)23)22-8-9-4-10(19)5-13(21)16(9)24/h4-7,22-24H,8H2,1-3H3. The van der Waals surface area contributed by atoms with Crippen LogP contribution in [0.2, 0.25) is 15.1 Å². The molecule has 0 fully saturated rings. The van der Waals surface area contributed by atoms with Crippen molar-refractivity contribution >= 4 is 46.5 Å². The molecule has 2 aromatic rings. The van der Waals surface area contributed by atoms with Gasteiger partial charge >= 0.3 is 5.97 Å². The van der Waals surface area contributed by atoms with Gasteiger partial charge in [-0.3, -0.25) is 0 Å². The van der Waals surface area contributed by atoms with E-state index in [0.717, 1.165) is 0 Å². The molecule has 8 heteroatoms. The van der Waals surface area contributed by atoms with Gasteiger partial charge in [0.15, 0.2) is 0 Å². The molecular weight excluding hydrogens is 401 g/mol. The Kier molecular flexibility index (Phi) is 6.17. The first-order valence-corrected chi connectivity index (χ1v) is 8.78. The molecule has 0 aliphatic rings. The van der Waals surface area contributed by atoms with Crippen molar-refractivity contribution in [1.29, 1.82) is 0 Å². The first-order chi connectivity index (χ1) is 12.0. The highest BCUT2D eigenvalue weighted by molar-refractivity contribution is 6.35. The molecule has 140 valence electrons. The minimum absolute atomic E-state index is 0.0378. The van der Waals surface area contributed by atoms with Crippen molar-refractivity contribution in [2.45, 2.75) is 32.9 Å². The lowest BCUT2D eigenvalue weighted by molar-refractivity contribution is 0.00668. The summed E-state index contributed by atoms with van der Waals surface area (Å²) in [5, 5.41) is 23.8. The van der Waals surface area contributed by atoms with Gasteiger partial charge in [0.25, 0.3) is 0 Å². The van der Waals surface area contributed by atoms with Crippen molar-refractivity contribution in [3.05, 3.63) is 50.5 Å². The van der Waals surface area contributed by atoms with Crippen LogP contribution in [-0.4, -0.2) is 21.8 Å². The summed E-state index contributed by atoms with van der Waals surface area (Å²) >= 11 is 18.0. The lowest BCUT2D eigenvalue weighted by Gasteiger charge is -2.20. The predicted octanol–water partition coefficient (Wildman–Crippen LogP) is 5.63. The lowest BCUT2D eigenvalue weighted by Crippen LogP contribution is -2.24. The van der Waals surface area contributed by atoms with E-state index in [-0.39, 0.29) is 33.7 Å². The molecule has 0 heterocycles. The topological polar surface area (TPSA) is 78.8 Å². The number of hydrogen-bond donors (Lipinski definition) is 3. The van der Waals surface area contributed by atoms with Gasteiger partial charge < -0.3 is 20.3 Å². The first-order valence-electron chi connectivity index (χ1n) is 7.64. The zero-order chi connectivity index (χ0) is 19.6. The smallest absolute Gasteiger partial charge is 0.342 e. The van der Waals surface area contributed by atoms with E-state index < -0.39 is 11.6 Å². The number of carbonyl (C=O) groups is 1. The van der Waals surface area contributed by atoms with E-state index in [9.17, 15) is 15.0 Å². The van der Waals surface area contributed by atoms with Crippen LogP contribution in [0.3, 0.4) is 0 Å². The number of rotatable bonds is 4. The number of phenolic OH excluding ortho intramolecular Hbond substituents is 2. The molecule has 0 amide bonds. The van der Waals surface area contributed by atoms with Gasteiger partial charge in [-0.1, -0.05) is 34.8 Å². The van der Waals surface area contributed by atoms with E-state index in [2.05, 4.69) is 5.32 Å². The summed E-state index contributed by atoms with van der Waals surface area (Å²) in [5.41, 5.74) is 0.0846. The first kappa shape index (κ1) is 20.5. The largest absolute Gasteiger partial charge is 0.507 e. The molecule has 0 bridgehead atoms. The number of ether oxygens (including phenoxy) is 1. The molecule has 2 aromatic carbocycles. The molecule has 0 unspecified atom stereocenters. The van der Waals surface area contributed by atoms with Gasteiger partial charge in [0.05, 0.1) is 15.7 Å². The molecule has 0 saturated carbocycles. The zero-order valence-electron chi connectivity index (χ0n) is 14.4. The Morgan fingerprint density at radius 2 is 1.73 bits per heavy atom. The molecule has 26 heavy (non-hydrogen) atoms. The van der Waals surface area contributed by atoms with Gasteiger partial charge in [0, 0.05) is 23.2 Å². The minimum atomic E-state index is -0.698. The van der Waals surface area contributed by atoms with Gasteiger partial charge in [-0.15, -0.1) is 0 Å². The molecule has 0 aromatic heterocycles. The van der Waals surface area contributed by atoms with Crippen LogP contribution in [-0.2, 0) is 11.3 Å². The van der Waals surface area contributed by atoms with Crippen LogP contribution in [0.5, 0.6) is 11.5 Å². The molecule has 5 nitrogen and oxygen atoms in total. The second-order valence-electron chi connectivity index (χ2n) is 6.60. The highest BCUT2D eigenvalue weighted by Gasteiger charge is 2.22. The highest BCUT2D eigenvalue weighted by atomic mass is 35.5. The summed E-state index contributed by atoms with van der Waals surface area (Å²) < 4.78 is 5.23. The summed E-state index contributed by atoms with van der Waals surface area (Å²) in [6, 6.07) is 5.61. The molecule has 0 atom stereocenters. The maximum absolute atomic E-state index is 12.1. The van der Waals surface area contributed by atoms with E-state index in [1.54, 1.807) is 26.8 Å². The molecular formula is C18H18Cl3NO4. The number of anilines is 1. The summed E-state index contributed by atoms with van der Waals surface area (Å²) in [6.07, 6.45) is 0. The average Bonchev–Trinajstić information content (AvgIpc) is 2.50. The molecule has 0 aliphatic carbocycles. The normalized spacial score (nSPS) is 11.3. The summed E-state index contributed by atoms with van der Waals surface area (Å²) in [7, 11) is 0. The van der Waals surface area contributed by atoms with Crippen LogP contribution < -0.4 is 5.32 Å². The fourth-order valence-electron chi connectivity index (χ4n) is 2.14. The second kappa shape index (κ2) is 7.82. The second-order valence-corrected chi connectivity index (χ2v) is 7.85. The third kappa shape index (κ3) is 5.10. The summed E-state index contributed by atoms with van der Waals surface area (Å²) in [6.45, 7) is 5.32. The van der Waals surface area contributed by atoms with Gasteiger partial charge in [-0.05, 0) is 39.0 Å². The third-order valence-corrected chi connectivity index (χ3v) is 4.10. The number of benzene rings is 2. The molecule has 3 N–H and O–H groups in total. The molecule has 0 saturated heterocycles. The van der Waals surface area contributed by atoms with Crippen LogP contribution in [0, 0.1) is 0 Å². The maximum atomic E-state index is 12.1. The van der Waals surface area contributed by atoms with Crippen molar-refractivity contribution < 1.29 is 19.7 Å². The monoisotopic (exact) mass is 417 g/mol. The van der Waals surface area contributed by atoms with Crippen LogP contribution in [0.15, 0.2) is 24.3 Å². The Bertz CT molecular complexity index is 847. The van der Waals surface area contributed by atoms with Crippen molar-refractivity contribution in [3.8, 4) is 11.5 Å². The fourth-order valence-corrected chi connectivity index (χ4v) is 2.90. The van der Waals surface area contributed by atoms with E-state index in [1.165, 1.54) is 18.2 Å². The third-order valence-electron chi connectivity index (χ3n) is 3.28. The van der Waals surface area contributed by atoms with E-state index in [4.69, 9.17) is 39.5 Å². The number of hydrogen-bond acceptors (Lipinski definition) is 5. The number of esters is 1. The van der Waals surface area contributed by atoms with Crippen LogP contribution in [0.25, 0.3) is 0 Å². The number of halogens is 3. The predicted molar refractivity (Wildman–Crippen MR) is 104 cm³/mol. The Balaban J connectivity index is 2.22. The van der Waals surface area contributed by atoms with Crippen molar-refractivity contribution in [2.24, 2.45) is 0 Å². The quantitative estimate of drug-likeness (QED) is 0.561. The summed E-state index contributed by atoms with van der Waals surface area (Å²) in [5.74, 6) is -1.06. The Labute approximate surface area is 166 Å². The summed E-state index contributed by atoms with van der Waals surface area (Å²) in [4.78, 5) is 12.1. The number of aromatic hydroxyl groups is 2. The number of phenols is 2. The van der Waals surface area contributed by atoms with E-state index >= 15 is 0 Å². The molecule has 0 radical (unpaired) electrons. The van der Waals surface area contributed by atoms with E-state index in [0.29, 0.717) is 16.3 Å². The molecule has 2 rings (SSSR count). The SMILES string of the molecule is CC(C)(C)OC(=O)c1cc(Cl)c(NCc2cc(Cl)cc(Cl)c2O)cc1O. The van der Waals surface area contributed by atoms with Crippen LogP contribution in [0.4, 0.5) is 5.69 Å². The Hall–Kier alpha value is -1.82. The van der Waals surface area contributed by atoms with Crippen molar-refractivity contribution in [2.75, 3.05) is 5.32 Å². The van der Waals surface area contributed by atoms with Gasteiger partial charge in [-0.25, -0.2) is 4.79 Å². The average molecular weight is 419 g/mol. The zero-order valence-corrected chi connectivity index (χ0v) is 16.6. The number of carbonyl (C=O) groups excluding carboxylic acids is 1. The molecule has 0 aliphatic heterocycles. The van der Waals surface area contributed by atoms with Crippen LogP contribution in [0.1, 0.15) is 36.7 Å². The lowest BCUT2D eigenvalue weighted by atomic mass is 10.1. The maximum Gasteiger partial charge on any atom is 0.342 e. The van der Waals surface area contributed by atoms with Crippen LogP contribution >= 0.6 is 34.8 Å². The highest BCUT2D eigenvalue weighted by Crippen LogP contribution is 2.34. The minimum Gasteiger partial charge on any atom is -0.507 e. The fraction of sp³-hybridized carbons (Fsp3) is 0.278. The molecule has 0 spiro atoms. The Morgan fingerprint density at radius 3 is 2.35 bits per heavy atom.